The fraction of sp³-hybridized carbons (Fsp3) is 0.438. The highest BCUT2D eigenvalue weighted by molar-refractivity contribution is 6.07. The first kappa shape index (κ1) is 26.0. The molecule has 41 heavy (non-hydrogen) atoms. The van der Waals surface area contributed by atoms with Crippen molar-refractivity contribution in [1.82, 2.24) is 29.5 Å². The van der Waals surface area contributed by atoms with E-state index in [1.165, 1.54) is 18.4 Å². The molecule has 9 nitrogen and oxygen atoms in total. The molecule has 4 aromatic heterocycles. The topological polar surface area (TPSA) is 83.1 Å². The van der Waals surface area contributed by atoms with Gasteiger partial charge in [0, 0.05) is 68.3 Å². The maximum Gasteiger partial charge on any atom is 0.130 e. The van der Waals surface area contributed by atoms with E-state index in [1.807, 2.05) is 37.1 Å². The third-order valence-corrected chi connectivity index (χ3v) is 8.92. The molecule has 2 fully saturated rings. The minimum atomic E-state index is 0.0471. The number of anilines is 1. The molecule has 2 aliphatic rings. The second-order valence-electron chi connectivity index (χ2n) is 11.4. The zero-order chi connectivity index (χ0) is 27.9. The highest BCUT2D eigenvalue weighted by Gasteiger charge is 2.29. The number of fused-ring (bicyclic) bond motifs is 3. The third-order valence-electron chi connectivity index (χ3n) is 8.92. The molecule has 1 atom stereocenters. The first-order valence-corrected chi connectivity index (χ1v) is 14.7. The zero-order valence-electron chi connectivity index (χ0n) is 24.1. The molecular formula is C32H37N7O2. The zero-order valence-corrected chi connectivity index (χ0v) is 24.1. The molecule has 7 rings (SSSR count). The molecule has 0 saturated carbocycles. The molecule has 2 aliphatic heterocycles. The van der Waals surface area contributed by atoms with Gasteiger partial charge in [-0.25, -0.2) is 9.67 Å². The summed E-state index contributed by atoms with van der Waals surface area (Å²) in [5.41, 5.74) is 7.26. The van der Waals surface area contributed by atoms with E-state index in [-0.39, 0.29) is 6.04 Å². The molecular weight excluding hydrogens is 514 g/mol. The lowest BCUT2D eigenvalue weighted by molar-refractivity contribution is 0.0609. The van der Waals surface area contributed by atoms with Gasteiger partial charge in [0.25, 0.3) is 0 Å². The second kappa shape index (κ2) is 10.8. The molecule has 5 aromatic rings. The second-order valence-corrected chi connectivity index (χ2v) is 11.4. The number of nitrogens with zero attached hydrogens (tertiary/aromatic N) is 7. The van der Waals surface area contributed by atoms with Gasteiger partial charge >= 0.3 is 0 Å². The van der Waals surface area contributed by atoms with Crippen molar-refractivity contribution in [2.45, 2.75) is 45.1 Å². The van der Waals surface area contributed by atoms with Crippen molar-refractivity contribution >= 4 is 27.8 Å². The smallest absolute Gasteiger partial charge is 0.130 e. The summed E-state index contributed by atoms with van der Waals surface area (Å²) in [5, 5.41) is 9.65. The highest BCUT2D eigenvalue weighted by Crippen LogP contribution is 2.42. The molecule has 0 N–H and O–H groups in total. The van der Waals surface area contributed by atoms with Gasteiger partial charge in [-0.2, -0.15) is 0 Å². The maximum atomic E-state index is 5.96. The molecule has 0 radical (unpaired) electrons. The summed E-state index contributed by atoms with van der Waals surface area (Å²) in [4.78, 5) is 12.4. The number of hydrogen-bond acceptors (Lipinski definition) is 7. The Morgan fingerprint density at radius 1 is 1.02 bits per heavy atom. The van der Waals surface area contributed by atoms with Crippen LogP contribution in [-0.4, -0.2) is 62.9 Å². The number of ether oxygens (including phenoxy) is 2. The largest absolute Gasteiger partial charge is 0.496 e. The Balaban J connectivity index is 1.50. The molecule has 9 heteroatoms. The van der Waals surface area contributed by atoms with Crippen molar-refractivity contribution in [3.8, 4) is 17.0 Å². The lowest BCUT2D eigenvalue weighted by Crippen LogP contribution is -2.22. The van der Waals surface area contributed by atoms with Crippen molar-refractivity contribution in [3.05, 3.63) is 60.0 Å². The van der Waals surface area contributed by atoms with Crippen LogP contribution < -0.4 is 9.64 Å². The third kappa shape index (κ3) is 4.62. The number of rotatable bonds is 7. The van der Waals surface area contributed by atoms with E-state index in [2.05, 4.69) is 50.1 Å². The molecule has 0 amide bonds. The van der Waals surface area contributed by atoms with Gasteiger partial charge in [-0.05, 0) is 57.1 Å². The first-order valence-electron chi connectivity index (χ1n) is 14.7. The standard InChI is InChI=1S/C32H37N7O2/c1-21-32(37(2)36-35-21)23-17-28-31(34-19-23)25-20-33-30(38-12-6-7-13-38)18-27(25)39(28)26(16-22-10-14-41-15-11-22)24-8-4-5-9-29(24)40-3/h4-5,8-9,17-20,22,26H,6-7,10-16H2,1-3H3. The number of methoxy groups -OCH3 is 1. The van der Waals surface area contributed by atoms with Crippen LogP contribution in [0.4, 0.5) is 5.82 Å². The first-order chi connectivity index (χ1) is 20.1. The number of pyridine rings is 2. The van der Waals surface area contributed by atoms with Crippen LogP contribution in [0.25, 0.3) is 33.2 Å². The summed E-state index contributed by atoms with van der Waals surface area (Å²) in [7, 11) is 3.70. The molecule has 0 spiro atoms. The average Bonchev–Trinajstić information content (AvgIpc) is 3.74. The van der Waals surface area contributed by atoms with Crippen LogP contribution in [0.2, 0.25) is 0 Å². The number of benzene rings is 1. The van der Waals surface area contributed by atoms with Crippen molar-refractivity contribution < 1.29 is 9.47 Å². The lowest BCUT2D eigenvalue weighted by atomic mass is 9.88. The fourth-order valence-electron chi connectivity index (χ4n) is 6.84. The number of hydrogen-bond donors (Lipinski definition) is 0. The Morgan fingerprint density at radius 2 is 1.83 bits per heavy atom. The van der Waals surface area contributed by atoms with E-state index in [4.69, 9.17) is 19.4 Å². The Bertz CT molecular complexity index is 1680. The molecule has 2 saturated heterocycles. The van der Waals surface area contributed by atoms with Crippen molar-refractivity contribution in [3.63, 3.8) is 0 Å². The van der Waals surface area contributed by atoms with Gasteiger partial charge in [-0.1, -0.05) is 23.4 Å². The van der Waals surface area contributed by atoms with E-state index < -0.39 is 0 Å². The van der Waals surface area contributed by atoms with Gasteiger partial charge < -0.3 is 18.9 Å². The summed E-state index contributed by atoms with van der Waals surface area (Å²) in [5.74, 6) is 2.49. The quantitative estimate of drug-likeness (QED) is 0.256. The van der Waals surface area contributed by atoms with E-state index in [0.29, 0.717) is 5.92 Å². The fourth-order valence-corrected chi connectivity index (χ4v) is 6.84. The number of aromatic nitrogens is 6. The lowest BCUT2D eigenvalue weighted by Gasteiger charge is -2.30. The summed E-state index contributed by atoms with van der Waals surface area (Å²) >= 11 is 0. The Morgan fingerprint density at radius 3 is 2.59 bits per heavy atom. The van der Waals surface area contributed by atoms with Crippen LogP contribution >= 0.6 is 0 Å². The van der Waals surface area contributed by atoms with Crippen LogP contribution in [-0.2, 0) is 11.8 Å². The van der Waals surface area contributed by atoms with Gasteiger partial charge in [0.2, 0.25) is 0 Å². The number of aryl methyl sites for hydroxylation is 2. The summed E-state index contributed by atoms with van der Waals surface area (Å²) in [6.45, 7) is 5.73. The maximum absolute atomic E-state index is 5.96. The molecule has 0 aliphatic carbocycles. The molecule has 1 aromatic carbocycles. The molecule has 1 unspecified atom stereocenters. The highest BCUT2D eigenvalue weighted by atomic mass is 16.5. The van der Waals surface area contributed by atoms with Gasteiger partial charge in [0.05, 0.1) is 41.1 Å². The summed E-state index contributed by atoms with van der Waals surface area (Å²) < 4.78 is 16.0. The van der Waals surface area contributed by atoms with Crippen molar-refractivity contribution in [2.75, 3.05) is 38.3 Å². The van der Waals surface area contributed by atoms with Crippen molar-refractivity contribution in [1.29, 1.82) is 0 Å². The van der Waals surface area contributed by atoms with Crippen LogP contribution in [0, 0.1) is 12.8 Å². The SMILES string of the molecule is COc1ccccc1C(CC1CCOCC1)n1c2cc(N3CCCC3)ncc2c2ncc(-c3c(C)nnn3C)cc21. The van der Waals surface area contributed by atoms with Crippen molar-refractivity contribution in [2.24, 2.45) is 13.0 Å². The Hall–Kier alpha value is -3.98. The van der Waals surface area contributed by atoms with Gasteiger partial charge in [-0.15, -0.1) is 5.10 Å². The van der Waals surface area contributed by atoms with Crippen LogP contribution in [0.15, 0.2) is 48.8 Å². The average molecular weight is 552 g/mol. The van der Waals surface area contributed by atoms with Crippen LogP contribution in [0.5, 0.6) is 5.75 Å². The normalized spacial score (nSPS) is 17.1. The minimum Gasteiger partial charge on any atom is -0.496 e. The van der Waals surface area contributed by atoms with Crippen LogP contribution in [0.3, 0.4) is 0 Å². The van der Waals surface area contributed by atoms with Gasteiger partial charge in [0.15, 0.2) is 0 Å². The monoisotopic (exact) mass is 551 g/mol. The predicted octanol–water partition coefficient (Wildman–Crippen LogP) is 5.70. The molecule has 6 heterocycles. The Labute approximate surface area is 240 Å². The summed E-state index contributed by atoms with van der Waals surface area (Å²) in [6.07, 6.45) is 9.50. The van der Waals surface area contributed by atoms with E-state index in [9.17, 15) is 0 Å². The van der Waals surface area contributed by atoms with Gasteiger partial charge in [-0.3, -0.25) is 4.98 Å². The minimum absolute atomic E-state index is 0.0471. The number of para-hydroxylation sites is 1. The molecule has 0 bridgehead atoms. The van der Waals surface area contributed by atoms with E-state index >= 15 is 0 Å². The molecule has 212 valence electrons. The predicted molar refractivity (Wildman–Crippen MR) is 161 cm³/mol. The Kier molecular flexibility index (Phi) is 6.82. The van der Waals surface area contributed by atoms with Crippen LogP contribution in [0.1, 0.15) is 49.4 Å². The van der Waals surface area contributed by atoms with E-state index in [1.54, 1.807) is 7.11 Å². The van der Waals surface area contributed by atoms with Gasteiger partial charge in [0.1, 0.15) is 11.6 Å². The summed E-state index contributed by atoms with van der Waals surface area (Å²) in [6, 6.07) is 13.1. The van der Waals surface area contributed by atoms with E-state index in [0.717, 1.165) is 96.0 Å².